The third-order valence-corrected chi connectivity index (χ3v) is 7.12. The van der Waals surface area contributed by atoms with Crippen LogP contribution >= 0.6 is 0 Å². The van der Waals surface area contributed by atoms with Crippen molar-refractivity contribution >= 4 is 23.6 Å². The smallest absolute Gasteiger partial charge is 0.408 e. The van der Waals surface area contributed by atoms with Gasteiger partial charge in [0.05, 0.1) is 0 Å². The molecular formula is C35H39N3O4. The van der Waals surface area contributed by atoms with E-state index < -0.39 is 23.8 Å². The molecule has 2 N–H and O–H groups in total. The molecule has 2 unspecified atom stereocenters. The number of terminal acetylenes is 1. The fraction of sp³-hybridized carbons (Fsp3) is 0.343. The lowest BCUT2D eigenvalue weighted by Gasteiger charge is -2.35. The molecule has 1 saturated carbocycles. The normalized spacial score (nSPS) is 14.2. The molecule has 3 amide bonds. The lowest BCUT2D eigenvalue weighted by atomic mass is 9.98. The SMILES string of the molecule is C#Cc1ccc(C(C(=O)Nc2c(C)cccc2C)N(C(=O)C(Cc2ccccc2)NC(=O)OC(C)(C)C)C2CC2)cc1. The van der Waals surface area contributed by atoms with Crippen molar-refractivity contribution in [2.24, 2.45) is 0 Å². The molecule has 1 fully saturated rings. The van der Waals surface area contributed by atoms with Crippen molar-refractivity contribution in [1.82, 2.24) is 10.2 Å². The number of nitrogens with zero attached hydrogens (tertiary/aromatic N) is 1. The van der Waals surface area contributed by atoms with Crippen LogP contribution in [0, 0.1) is 26.2 Å². The summed E-state index contributed by atoms with van der Waals surface area (Å²) in [5.74, 6) is 1.92. The second kappa shape index (κ2) is 12.9. The first kappa shape index (κ1) is 30.4. The molecule has 0 saturated heterocycles. The predicted molar refractivity (Wildman–Crippen MR) is 165 cm³/mol. The number of hydrogen-bond donors (Lipinski definition) is 2. The van der Waals surface area contributed by atoms with Crippen molar-refractivity contribution in [1.29, 1.82) is 0 Å². The Labute approximate surface area is 248 Å². The molecular weight excluding hydrogens is 526 g/mol. The van der Waals surface area contributed by atoms with Crippen LogP contribution in [0.5, 0.6) is 0 Å². The van der Waals surface area contributed by atoms with Crippen LogP contribution in [0.25, 0.3) is 0 Å². The molecule has 0 spiro atoms. The van der Waals surface area contributed by atoms with E-state index in [1.54, 1.807) is 49.9 Å². The Morgan fingerprint density at radius 1 is 0.952 bits per heavy atom. The first-order valence-corrected chi connectivity index (χ1v) is 14.3. The molecule has 1 aliphatic rings. The highest BCUT2D eigenvalue weighted by Crippen LogP contribution is 2.37. The number of anilines is 1. The fourth-order valence-electron chi connectivity index (χ4n) is 4.95. The molecule has 7 nitrogen and oxygen atoms in total. The molecule has 0 radical (unpaired) electrons. The number of alkyl carbamates (subject to hydrolysis) is 1. The van der Waals surface area contributed by atoms with Crippen LogP contribution in [0.3, 0.4) is 0 Å². The Morgan fingerprint density at radius 2 is 1.57 bits per heavy atom. The number of hydrogen-bond acceptors (Lipinski definition) is 4. The summed E-state index contributed by atoms with van der Waals surface area (Å²) in [4.78, 5) is 43.3. The summed E-state index contributed by atoms with van der Waals surface area (Å²) < 4.78 is 5.52. The van der Waals surface area contributed by atoms with Gasteiger partial charge in [-0.1, -0.05) is 66.6 Å². The first-order chi connectivity index (χ1) is 20.0. The third kappa shape index (κ3) is 7.79. The van der Waals surface area contributed by atoms with Crippen LogP contribution in [0.4, 0.5) is 10.5 Å². The molecule has 1 aliphatic carbocycles. The monoisotopic (exact) mass is 565 g/mol. The van der Waals surface area contributed by atoms with Gasteiger partial charge in [0, 0.05) is 23.7 Å². The molecule has 2 atom stereocenters. The van der Waals surface area contributed by atoms with Crippen molar-refractivity contribution < 1.29 is 19.1 Å². The van der Waals surface area contributed by atoms with E-state index in [0.717, 1.165) is 29.5 Å². The number of benzene rings is 3. The Bertz CT molecular complexity index is 1440. The average Bonchev–Trinajstić information content (AvgIpc) is 3.78. The van der Waals surface area contributed by atoms with Gasteiger partial charge in [0.2, 0.25) is 5.91 Å². The lowest BCUT2D eigenvalue weighted by Crippen LogP contribution is -2.54. The van der Waals surface area contributed by atoms with Crippen LogP contribution in [0.15, 0.2) is 72.8 Å². The van der Waals surface area contributed by atoms with Crippen LogP contribution in [-0.2, 0) is 20.7 Å². The van der Waals surface area contributed by atoms with Crippen molar-refractivity contribution in [2.45, 2.75) is 77.6 Å². The second-order valence-electron chi connectivity index (χ2n) is 11.8. The fourth-order valence-corrected chi connectivity index (χ4v) is 4.95. The predicted octanol–water partition coefficient (Wildman–Crippen LogP) is 6.09. The summed E-state index contributed by atoms with van der Waals surface area (Å²) in [5.41, 5.74) is 3.98. The molecule has 3 aromatic rings. The highest BCUT2D eigenvalue weighted by molar-refractivity contribution is 6.00. The van der Waals surface area contributed by atoms with Gasteiger partial charge in [0.15, 0.2) is 0 Å². The van der Waals surface area contributed by atoms with Crippen molar-refractivity contribution in [2.75, 3.05) is 5.32 Å². The Morgan fingerprint density at radius 3 is 2.12 bits per heavy atom. The lowest BCUT2D eigenvalue weighted by molar-refractivity contribution is -0.141. The highest BCUT2D eigenvalue weighted by Gasteiger charge is 2.44. The number of carbonyl (C=O) groups excluding carboxylic acids is 3. The van der Waals surface area contributed by atoms with Gasteiger partial charge in [-0.25, -0.2) is 4.79 Å². The van der Waals surface area contributed by atoms with Crippen molar-refractivity contribution in [3.63, 3.8) is 0 Å². The van der Waals surface area contributed by atoms with E-state index in [9.17, 15) is 14.4 Å². The summed E-state index contributed by atoms with van der Waals surface area (Å²) in [6, 6.07) is 20.3. The van der Waals surface area contributed by atoms with Gasteiger partial charge in [0.25, 0.3) is 5.91 Å². The van der Waals surface area contributed by atoms with Crippen LogP contribution in [-0.4, -0.2) is 40.5 Å². The summed E-state index contributed by atoms with van der Waals surface area (Å²) >= 11 is 0. The van der Waals surface area contributed by atoms with E-state index in [2.05, 4.69) is 16.6 Å². The van der Waals surface area contributed by atoms with Crippen molar-refractivity contribution in [3.05, 3.63) is 101 Å². The Kier molecular flexibility index (Phi) is 9.37. The zero-order chi connectivity index (χ0) is 30.4. The molecule has 7 heteroatoms. The molecule has 0 heterocycles. The zero-order valence-corrected chi connectivity index (χ0v) is 24.9. The van der Waals surface area contributed by atoms with E-state index in [1.807, 2.05) is 62.4 Å². The number of carbonyl (C=O) groups is 3. The summed E-state index contributed by atoms with van der Waals surface area (Å²) in [6.07, 6.45) is 6.65. The van der Waals surface area contributed by atoms with E-state index in [0.29, 0.717) is 16.8 Å². The zero-order valence-electron chi connectivity index (χ0n) is 24.9. The van der Waals surface area contributed by atoms with Crippen molar-refractivity contribution in [3.8, 4) is 12.3 Å². The number of nitrogens with one attached hydrogen (secondary N) is 2. The topological polar surface area (TPSA) is 87.7 Å². The largest absolute Gasteiger partial charge is 0.444 e. The molecule has 4 rings (SSSR count). The maximum atomic E-state index is 14.5. The molecule has 0 aromatic heterocycles. The number of aryl methyl sites for hydroxylation is 2. The van der Waals surface area contributed by atoms with Gasteiger partial charge >= 0.3 is 6.09 Å². The number of para-hydroxylation sites is 1. The van der Waals surface area contributed by atoms with Gasteiger partial charge in [-0.15, -0.1) is 6.42 Å². The quantitative estimate of drug-likeness (QED) is 0.307. The second-order valence-corrected chi connectivity index (χ2v) is 11.8. The maximum Gasteiger partial charge on any atom is 0.408 e. The molecule has 0 aliphatic heterocycles. The van der Waals surface area contributed by atoms with Gasteiger partial charge in [-0.3, -0.25) is 9.59 Å². The first-order valence-electron chi connectivity index (χ1n) is 14.3. The number of ether oxygens (including phenoxy) is 1. The Balaban J connectivity index is 1.75. The standard InChI is InChI=1S/C35H39N3O4/c1-7-25-16-18-27(19-17-25)31(32(39)37-30-23(2)12-11-13-24(30)3)38(28-20-21-28)33(40)29(22-26-14-9-8-10-15-26)36-34(41)42-35(4,5)6/h1,8-19,28-29,31H,20-22H2,2-6H3,(H,36,41)(H,37,39). The van der Waals surface area contributed by atoms with E-state index >= 15 is 0 Å². The molecule has 0 bridgehead atoms. The third-order valence-electron chi connectivity index (χ3n) is 7.12. The minimum Gasteiger partial charge on any atom is -0.444 e. The summed E-state index contributed by atoms with van der Waals surface area (Å²) in [6.45, 7) is 9.17. The number of rotatable bonds is 9. The summed E-state index contributed by atoms with van der Waals surface area (Å²) in [7, 11) is 0. The van der Waals surface area contributed by atoms with E-state index in [4.69, 9.17) is 11.2 Å². The van der Waals surface area contributed by atoms with Crippen LogP contribution in [0.2, 0.25) is 0 Å². The highest BCUT2D eigenvalue weighted by atomic mass is 16.6. The number of amides is 3. The molecule has 3 aromatic carbocycles. The van der Waals surface area contributed by atoms with Crippen LogP contribution < -0.4 is 10.6 Å². The summed E-state index contributed by atoms with van der Waals surface area (Å²) in [5, 5.41) is 5.90. The Hall–Kier alpha value is -4.57. The van der Waals surface area contributed by atoms with Gasteiger partial charge in [-0.2, -0.15) is 0 Å². The minimum atomic E-state index is -0.955. The van der Waals surface area contributed by atoms with E-state index in [1.165, 1.54) is 0 Å². The van der Waals surface area contributed by atoms with E-state index in [-0.39, 0.29) is 24.3 Å². The minimum absolute atomic E-state index is 0.155. The van der Waals surface area contributed by atoms with Crippen LogP contribution in [0.1, 0.15) is 67.5 Å². The van der Waals surface area contributed by atoms with Gasteiger partial charge < -0.3 is 20.3 Å². The average molecular weight is 566 g/mol. The van der Waals surface area contributed by atoms with Gasteiger partial charge in [0.1, 0.15) is 17.7 Å². The maximum absolute atomic E-state index is 14.5. The molecule has 218 valence electrons. The van der Waals surface area contributed by atoms with Gasteiger partial charge in [-0.05, 0) is 81.8 Å². The molecule has 42 heavy (non-hydrogen) atoms.